The van der Waals surface area contributed by atoms with E-state index in [1.807, 2.05) is 74.5 Å². The Balaban J connectivity index is 1.38. The van der Waals surface area contributed by atoms with Gasteiger partial charge in [0, 0.05) is 11.1 Å². The summed E-state index contributed by atoms with van der Waals surface area (Å²) in [5.74, 6) is 0.119. The standard InChI is InChI=1S/C27H23N5O3S/c1-17-12-13-22(18(2)14-17)28-23(33)16-36-27-30-29-25(35-27)24-20-10-6-7-11-21(20)26(34)32(31-24)15-19-8-4-3-5-9-19/h3-14H,15-16H2,1-2H3,(H,28,33). The van der Waals surface area contributed by atoms with Gasteiger partial charge >= 0.3 is 0 Å². The number of rotatable bonds is 7. The molecule has 0 unspecified atom stereocenters. The fourth-order valence-electron chi connectivity index (χ4n) is 3.89. The van der Waals surface area contributed by atoms with E-state index >= 15 is 0 Å². The highest BCUT2D eigenvalue weighted by Gasteiger charge is 2.18. The van der Waals surface area contributed by atoms with Crippen LogP contribution in [0.2, 0.25) is 0 Å². The molecule has 0 aliphatic rings. The van der Waals surface area contributed by atoms with Crippen LogP contribution in [-0.2, 0) is 11.3 Å². The SMILES string of the molecule is Cc1ccc(NC(=O)CSc2nnc(-c3nn(Cc4ccccc4)c(=O)c4ccccc34)o2)c(C)c1. The van der Waals surface area contributed by atoms with E-state index in [1.54, 1.807) is 12.1 Å². The molecule has 0 bridgehead atoms. The molecule has 0 saturated heterocycles. The van der Waals surface area contributed by atoms with Crippen molar-refractivity contribution in [2.75, 3.05) is 11.1 Å². The van der Waals surface area contributed by atoms with Crippen LogP contribution in [0.3, 0.4) is 0 Å². The maximum Gasteiger partial charge on any atom is 0.277 e. The molecule has 0 saturated carbocycles. The molecular weight excluding hydrogens is 474 g/mol. The Morgan fingerprint density at radius 2 is 1.72 bits per heavy atom. The number of hydrogen-bond donors (Lipinski definition) is 1. The highest BCUT2D eigenvalue weighted by Crippen LogP contribution is 2.27. The molecule has 2 aromatic heterocycles. The molecule has 180 valence electrons. The Morgan fingerprint density at radius 1 is 0.972 bits per heavy atom. The van der Waals surface area contributed by atoms with Gasteiger partial charge in [-0.15, -0.1) is 10.2 Å². The number of aromatic nitrogens is 4. The predicted molar refractivity (Wildman–Crippen MR) is 140 cm³/mol. The smallest absolute Gasteiger partial charge is 0.277 e. The van der Waals surface area contributed by atoms with Crippen LogP contribution in [0.1, 0.15) is 16.7 Å². The first-order valence-corrected chi connectivity index (χ1v) is 12.3. The number of hydrogen-bond acceptors (Lipinski definition) is 7. The Morgan fingerprint density at radius 3 is 2.50 bits per heavy atom. The summed E-state index contributed by atoms with van der Waals surface area (Å²) < 4.78 is 7.25. The van der Waals surface area contributed by atoms with Crippen LogP contribution in [0.15, 0.2) is 87.2 Å². The minimum atomic E-state index is -0.199. The Labute approximate surface area is 211 Å². The van der Waals surface area contributed by atoms with E-state index in [-0.39, 0.29) is 28.3 Å². The largest absolute Gasteiger partial charge is 0.409 e. The molecular formula is C27H23N5O3S. The van der Waals surface area contributed by atoms with Crippen molar-refractivity contribution in [1.82, 2.24) is 20.0 Å². The summed E-state index contributed by atoms with van der Waals surface area (Å²) in [5, 5.41) is 17.1. The maximum atomic E-state index is 13.1. The minimum Gasteiger partial charge on any atom is -0.409 e. The van der Waals surface area contributed by atoms with Crippen LogP contribution in [0.25, 0.3) is 22.4 Å². The van der Waals surface area contributed by atoms with Crippen LogP contribution in [0, 0.1) is 13.8 Å². The predicted octanol–water partition coefficient (Wildman–Crippen LogP) is 4.84. The van der Waals surface area contributed by atoms with Gasteiger partial charge < -0.3 is 9.73 Å². The molecule has 1 N–H and O–H groups in total. The molecule has 0 radical (unpaired) electrons. The monoisotopic (exact) mass is 497 g/mol. The van der Waals surface area contributed by atoms with Gasteiger partial charge in [0.25, 0.3) is 16.7 Å². The third-order valence-electron chi connectivity index (χ3n) is 5.63. The lowest BCUT2D eigenvalue weighted by Gasteiger charge is -2.09. The van der Waals surface area contributed by atoms with E-state index in [9.17, 15) is 9.59 Å². The second kappa shape index (κ2) is 10.2. The van der Waals surface area contributed by atoms with Gasteiger partial charge in [-0.1, -0.05) is 78.0 Å². The van der Waals surface area contributed by atoms with Crippen molar-refractivity contribution in [2.45, 2.75) is 25.6 Å². The number of thioether (sulfide) groups is 1. The lowest BCUT2D eigenvalue weighted by molar-refractivity contribution is -0.113. The topological polar surface area (TPSA) is 103 Å². The zero-order valence-electron chi connectivity index (χ0n) is 19.8. The van der Waals surface area contributed by atoms with Crippen LogP contribution in [-0.4, -0.2) is 31.6 Å². The van der Waals surface area contributed by atoms with E-state index in [1.165, 1.54) is 4.68 Å². The van der Waals surface area contributed by atoms with Gasteiger partial charge in [-0.3, -0.25) is 9.59 Å². The van der Waals surface area contributed by atoms with Gasteiger partial charge in [-0.25, -0.2) is 4.68 Å². The fraction of sp³-hybridized carbons (Fsp3) is 0.148. The molecule has 9 heteroatoms. The van der Waals surface area contributed by atoms with Gasteiger partial charge in [-0.05, 0) is 37.1 Å². The second-order valence-corrected chi connectivity index (χ2v) is 9.30. The zero-order valence-corrected chi connectivity index (χ0v) is 20.6. The molecule has 36 heavy (non-hydrogen) atoms. The number of nitrogens with one attached hydrogen (secondary N) is 1. The normalized spacial score (nSPS) is 11.1. The zero-order chi connectivity index (χ0) is 25.1. The molecule has 2 heterocycles. The molecule has 0 aliphatic heterocycles. The quantitative estimate of drug-likeness (QED) is 0.321. The molecule has 0 atom stereocenters. The molecule has 0 aliphatic carbocycles. The first kappa shape index (κ1) is 23.5. The number of aryl methyl sites for hydroxylation is 2. The Hall–Kier alpha value is -4.24. The highest BCUT2D eigenvalue weighted by atomic mass is 32.2. The van der Waals surface area contributed by atoms with Crippen molar-refractivity contribution >= 4 is 34.1 Å². The van der Waals surface area contributed by atoms with E-state index in [2.05, 4.69) is 20.6 Å². The van der Waals surface area contributed by atoms with E-state index in [0.29, 0.717) is 23.0 Å². The van der Waals surface area contributed by atoms with E-state index in [0.717, 1.165) is 34.1 Å². The number of fused-ring (bicyclic) bond motifs is 1. The second-order valence-electron chi connectivity index (χ2n) is 8.37. The van der Waals surface area contributed by atoms with Gasteiger partial charge in [0.1, 0.15) is 0 Å². The molecule has 1 amide bonds. The Bertz CT molecular complexity index is 1610. The van der Waals surface area contributed by atoms with Gasteiger partial charge in [0.05, 0.1) is 17.7 Å². The molecule has 0 fully saturated rings. The van der Waals surface area contributed by atoms with Crippen molar-refractivity contribution in [3.8, 4) is 11.6 Å². The van der Waals surface area contributed by atoms with Gasteiger partial charge in [0.15, 0.2) is 5.69 Å². The number of amides is 1. The number of anilines is 1. The lowest BCUT2D eigenvalue weighted by Crippen LogP contribution is -2.24. The molecule has 5 aromatic rings. The molecule has 3 aromatic carbocycles. The summed E-state index contributed by atoms with van der Waals surface area (Å²) >= 11 is 1.14. The van der Waals surface area contributed by atoms with Crippen LogP contribution < -0.4 is 10.9 Å². The van der Waals surface area contributed by atoms with Crippen molar-refractivity contribution in [1.29, 1.82) is 0 Å². The fourth-order valence-corrected chi connectivity index (χ4v) is 4.45. The van der Waals surface area contributed by atoms with Crippen LogP contribution >= 0.6 is 11.8 Å². The Kier molecular flexibility index (Phi) is 6.64. The summed E-state index contributed by atoms with van der Waals surface area (Å²) in [5.41, 5.74) is 4.07. The minimum absolute atomic E-state index is 0.108. The summed E-state index contributed by atoms with van der Waals surface area (Å²) in [6.45, 7) is 4.27. The summed E-state index contributed by atoms with van der Waals surface area (Å²) in [4.78, 5) is 25.5. The van der Waals surface area contributed by atoms with Crippen molar-refractivity contribution < 1.29 is 9.21 Å². The first-order chi connectivity index (χ1) is 17.5. The number of carbonyl (C=O) groups is 1. The van der Waals surface area contributed by atoms with Crippen molar-refractivity contribution in [3.05, 3.63) is 99.8 Å². The third-order valence-corrected chi connectivity index (χ3v) is 6.45. The summed E-state index contributed by atoms with van der Waals surface area (Å²) in [7, 11) is 0. The average molecular weight is 498 g/mol. The number of nitrogens with zero attached hydrogens (tertiary/aromatic N) is 4. The first-order valence-electron chi connectivity index (χ1n) is 11.4. The van der Waals surface area contributed by atoms with E-state index in [4.69, 9.17) is 4.42 Å². The number of benzene rings is 3. The molecule has 0 spiro atoms. The maximum absolute atomic E-state index is 13.1. The molecule has 5 rings (SSSR count). The third kappa shape index (κ3) is 5.06. The van der Waals surface area contributed by atoms with E-state index < -0.39 is 0 Å². The van der Waals surface area contributed by atoms with Crippen LogP contribution in [0.4, 0.5) is 5.69 Å². The average Bonchev–Trinajstić information content (AvgIpc) is 3.36. The van der Waals surface area contributed by atoms with Gasteiger partial charge in [-0.2, -0.15) is 5.10 Å². The summed E-state index contributed by atoms with van der Waals surface area (Å²) in [6.07, 6.45) is 0. The summed E-state index contributed by atoms with van der Waals surface area (Å²) in [6, 6.07) is 22.7. The van der Waals surface area contributed by atoms with Crippen LogP contribution in [0.5, 0.6) is 0 Å². The lowest BCUT2D eigenvalue weighted by atomic mass is 10.1. The highest BCUT2D eigenvalue weighted by molar-refractivity contribution is 7.99. The van der Waals surface area contributed by atoms with Crippen molar-refractivity contribution in [2.24, 2.45) is 0 Å². The number of carbonyl (C=O) groups excluding carboxylic acids is 1. The molecule has 8 nitrogen and oxygen atoms in total. The van der Waals surface area contributed by atoms with Crippen molar-refractivity contribution in [3.63, 3.8) is 0 Å². The van der Waals surface area contributed by atoms with Gasteiger partial charge in [0.2, 0.25) is 5.91 Å².